The van der Waals surface area contributed by atoms with E-state index in [4.69, 9.17) is 9.84 Å². The van der Waals surface area contributed by atoms with Crippen molar-refractivity contribution in [1.82, 2.24) is 5.32 Å². The van der Waals surface area contributed by atoms with Gasteiger partial charge in [0.1, 0.15) is 12.6 Å². The first-order valence-electron chi connectivity index (χ1n) is 10.7. The van der Waals surface area contributed by atoms with E-state index in [-0.39, 0.29) is 12.5 Å². The zero-order valence-electron chi connectivity index (χ0n) is 18.6. The standard InChI is InChI=1S/C25H16F5NO6/c26-18-19(27)21(29)23(22(30)20(18)28)37-24(34)16(9-17(32)33)31-25(35)36-10-15-13-7-3-1-5-11(13)12-6-2-4-8-14(12)15/h1-8,15-16H,9-10H2,(H,31,35)(H,32,33). The summed E-state index contributed by atoms with van der Waals surface area (Å²) >= 11 is 0. The molecule has 0 aliphatic heterocycles. The summed E-state index contributed by atoms with van der Waals surface area (Å²) in [4.78, 5) is 35.9. The molecule has 0 bridgehead atoms. The lowest BCUT2D eigenvalue weighted by molar-refractivity contribution is -0.144. The van der Waals surface area contributed by atoms with Gasteiger partial charge in [-0.2, -0.15) is 8.78 Å². The number of alkyl carbamates (subject to hydrolysis) is 1. The quantitative estimate of drug-likeness (QED) is 0.154. The Hall–Kier alpha value is -4.48. The molecule has 4 rings (SSSR count). The summed E-state index contributed by atoms with van der Waals surface area (Å²) in [5.41, 5.74) is 3.60. The summed E-state index contributed by atoms with van der Waals surface area (Å²) in [5, 5.41) is 10.9. The van der Waals surface area contributed by atoms with Gasteiger partial charge in [-0.1, -0.05) is 48.5 Å². The summed E-state index contributed by atoms with van der Waals surface area (Å²) < 4.78 is 77.2. The number of ether oxygens (including phenoxy) is 2. The van der Waals surface area contributed by atoms with Crippen molar-refractivity contribution in [2.45, 2.75) is 18.4 Å². The predicted octanol–water partition coefficient (Wildman–Crippen LogP) is 4.67. The zero-order valence-corrected chi connectivity index (χ0v) is 18.6. The van der Waals surface area contributed by atoms with Gasteiger partial charge in [0.25, 0.3) is 0 Å². The first kappa shape index (κ1) is 25.6. The van der Waals surface area contributed by atoms with Crippen molar-refractivity contribution in [3.8, 4) is 16.9 Å². The molecule has 192 valence electrons. The maximum atomic E-state index is 13.9. The Labute approximate surface area is 205 Å². The third kappa shape index (κ3) is 4.95. The van der Waals surface area contributed by atoms with Crippen LogP contribution in [0.1, 0.15) is 23.5 Å². The van der Waals surface area contributed by atoms with Crippen LogP contribution in [0.5, 0.6) is 5.75 Å². The maximum absolute atomic E-state index is 13.9. The molecular formula is C25H16F5NO6. The molecule has 1 aliphatic rings. The smallest absolute Gasteiger partial charge is 0.407 e. The van der Waals surface area contributed by atoms with Crippen molar-refractivity contribution in [1.29, 1.82) is 0 Å². The van der Waals surface area contributed by atoms with Crippen LogP contribution in [0.15, 0.2) is 48.5 Å². The molecule has 0 fully saturated rings. The van der Waals surface area contributed by atoms with Crippen molar-refractivity contribution >= 4 is 18.0 Å². The molecule has 2 N–H and O–H groups in total. The number of benzene rings is 3. The molecule has 0 spiro atoms. The lowest BCUT2D eigenvalue weighted by Gasteiger charge is -2.18. The van der Waals surface area contributed by atoms with E-state index in [0.29, 0.717) is 0 Å². The molecule has 1 atom stereocenters. The number of nitrogens with one attached hydrogen (secondary N) is 1. The van der Waals surface area contributed by atoms with Gasteiger partial charge < -0.3 is 19.9 Å². The summed E-state index contributed by atoms with van der Waals surface area (Å²) in [5.74, 6) is -17.9. The minimum absolute atomic E-state index is 0.216. The van der Waals surface area contributed by atoms with Crippen LogP contribution in [0.4, 0.5) is 26.7 Å². The minimum atomic E-state index is -2.48. The van der Waals surface area contributed by atoms with E-state index >= 15 is 0 Å². The van der Waals surface area contributed by atoms with Gasteiger partial charge in [-0.3, -0.25) is 4.79 Å². The third-order valence-electron chi connectivity index (χ3n) is 5.67. The Bertz CT molecular complexity index is 1340. The average Bonchev–Trinajstić information content (AvgIpc) is 3.20. The van der Waals surface area contributed by atoms with Crippen molar-refractivity contribution in [2.24, 2.45) is 0 Å². The fourth-order valence-electron chi connectivity index (χ4n) is 4.00. The van der Waals surface area contributed by atoms with Crippen molar-refractivity contribution in [2.75, 3.05) is 6.61 Å². The highest BCUT2D eigenvalue weighted by Crippen LogP contribution is 2.44. The van der Waals surface area contributed by atoms with Gasteiger partial charge in [-0.05, 0) is 22.3 Å². The topological polar surface area (TPSA) is 102 Å². The van der Waals surface area contributed by atoms with Crippen LogP contribution in [0.3, 0.4) is 0 Å². The van der Waals surface area contributed by atoms with Crippen LogP contribution in [-0.2, 0) is 14.3 Å². The molecule has 0 radical (unpaired) electrons. The largest absolute Gasteiger partial charge is 0.481 e. The Morgan fingerprint density at radius 1 is 0.811 bits per heavy atom. The number of aliphatic carboxylic acids is 1. The molecule has 0 heterocycles. The Balaban J connectivity index is 1.48. The van der Waals surface area contributed by atoms with E-state index < -0.39 is 65.3 Å². The van der Waals surface area contributed by atoms with E-state index in [0.717, 1.165) is 22.3 Å². The number of carbonyl (C=O) groups is 3. The molecule has 12 heteroatoms. The number of amides is 1. The monoisotopic (exact) mass is 521 g/mol. The van der Waals surface area contributed by atoms with Crippen LogP contribution in [-0.4, -0.2) is 35.8 Å². The summed E-state index contributed by atoms with van der Waals surface area (Å²) in [6, 6.07) is 12.7. The highest BCUT2D eigenvalue weighted by Gasteiger charge is 2.33. The second-order valence-electron chi connectivity index (χ2n) is 7.94. The fraction of sp³-hybridized carbons (Fsp3) is 0.160. The van der Waals surface area contributed by atoms with E-state index in [2.05, 4.69) is 4.74 Å². The summed E-state index contributed by atoms with van der Waals surface area (Å²) in [6.45, 7) is -0.216. The minimum Gasteiger partial charge on any atom is -0.481 e. The molecule has 1 aliphatic carbocycles. The highest BCUT2D eigenvalue weighted by atomic mass is 19.2. The van der Waals surface area contributed by atoms with Crippen molar-refractivity contribution in [3.63, 3.8) is 0 Å². The SMILES string of the molecule is O=C(O)CC(NC(=O)OCC1c2ccccc2-c2ccccc21)C(=O)Oc1c(F)c(F)c(F)c(F)c1F. The number of esters is 1. The van der Waals surface area contributed by atoms with Crippen LogP contribution >= 0.6 is 0 Å². The first-order valence-corrected chi connectivity index (χ1v) is 10.7. The van der Waals surface area contributed by atoms with Crippen molar-refractivity contribution in [3.05, 3.63) is 88.7 Å². The molecule has 7 nitrogen and oxygen atoms in total. The molecule has 0 saturated carbocycles. The molecule has 3 aromatic carbocycles. The fourth-order valence-corrected chi connectivity index (χ4v) is 4.00. The van der Waals surface area contributed by atoms with Crippen LogP contribution < -0.4 is 10.1 Å². The molecular weight excluding hydrogens is 505 g/mol. The number of carboxylic acids is 1. The van der Waals surface area contributed by atoms with Crippen LogP contribution in [0, 0.1) is 29.1 Å². The lowest BCUT2D eigenvalue weighted by atomic mass is 9.98. The van der Waals surface area contributed by atoms with Crippen LogP contribution in [0.2, 0.25) is 0 Å². The van der Waals surface area contributed by atoms with Gasteiger partial charge in [0.15, 0.2) is 0 Å². The van der Waals surface area contributed by atoms with Gasteiger partial charge in [0.05, 0.1) is 6.42 Å². The third-order valence-corrected chi connectivity index (χ3v) is 5.67. The molecule has 3 aromatic rings. The normalized spacial score (nSPS) is 12.9. The zero-order chi connectivity index (χ0) is 26.9. The van der Waals surface area contributed by atoms with Gasteiger partial charge in [0, 0.05) is 5.92 Å². The van der Waals surface area contributed by atoms with E-state index in [9.17, 15) is 36.3 Å². The van der Waals surface area contributed by atoms with E-state index in [1.807, 2.05) is 41.7 Å². The summed E-state index contributed by atoms with van der Waals surface area (Å²) in [6.07, 6.45) is -2.42. The van der Waals surface area contributed by atoms with Crippen molar-refractivity contribution < 1.29 is 50.9 Å². The second-order valence-corrected chi connectivity index (χ2v) is 7.94. The second kappa shape index (κ2) is 10.2. The van der Waals surface area contributed by atoms with Gasteiger partial charge in [-0.15, -0.1) is 0 Å². The average molecular weight is 521 g/mol. The van der Waals surface area contributed by atoms with Gasteiger partial charge in [0.2, 0.25) is 34.8 Å². The molecule has 37 heavy (non-hydrogen) atoms. The number of hydrogen-bond donors (Lipinski definition) is 2. The Kier molecular flexibility index (Phi) is 7.09. The van der Waals surface area contributed by atoms with E-state index in [1.165, 1.54) is 0 Å². The number of fused-ring (bicyclic) bond motifs is 3. The number of rotatable bonds is 7. The van der Waals surface area contributed by atoms with Crippen LogP contribution in [0.25, 0.3) is 11.1 Å². The number of carbonyl (C=O) groups excluding carboxylic acids is 2. The summed E-state index contributed by atoms with van der Waals surface area (Å²) in [7, 11) is 0. The highest BCUT2D eigenvalue weighted by molar-refractivity contribution is 5.87. The van der Waals surface area contributed by atoms with Gasteiger partial charge in [-0.25, -0.2) is 22.8 Å². The number of hydrogen-bond acceptors (Lipinski definition) is 5. The molecule has 1 unspecified atom stereocenters. The lowest BCUT2D eigenvalue weighted by Crippen LogP contribution is -2.45. The molecule has 1 amide bonds. The predicted molar refractivity (Wildman–Crippen MR) is 116 cm³/mol. The Morgan fingerprint density at radius 2 is 1.30 bits per heavy atom. The maximum Gasteiger partial charge on any atom is 0.407 e. The number of carboxylic acid groups (broad SMARTS) is 1. The molecule has 0 saturated heterocycles. The molecule has 0 aromatic heterocycles. The Morgan fingerprint density at radius 3 is 1.81 bits per heavy atom. The van der Waals surface area contributed by atoms with E-state index in [1.54, 1.807) is 12.1 Å². The number of halogens is 5. The first-order chi connectivity index (χ1) is 17.6. The van der Waals surface area contributed by atoms with Gasteiger partial charge >= 0.3 is 18.0 Å².